The molecule has 0 bridgehead atoms. The topological polar surface area (TPSA) is 87.1 Å². The Hall–Kier alpha value is -3.71. The van der Waals surface area contributed by atoms with Crippen LogP contribution in [0.15, 0.2) is 64.8 Å². The summed E-state index contributed by atoms with van der Waals surface area (Å²) in [6.45, 7) is 4.07. The molecule has 13 heteroatoms. The standard InChI is InChI=1S/C29H28F3N7OS2/c1-18-17-33-27(41-18)35-25-34-26(39-13-11-38(12-14-39)22-4-2-3-21(16-22)29(30,31)32)37-28(36-25)42-23-9-5-19(6-10-23)15-24(40)20-7-8-20/h2-6,9-10,16-17,20H,7-8,11-15H2,1H3,(H,33,34,35,36,37). The van der Waals surface area contributed by atoms with E-state index in [9.17, 15) is 18.0 Å². The molecule has 1 saturated heterocycles. The third kappa shape index (κ3) is 7.01. The van der Waals surface area contributed by atoms with Gasteiger partial charge in [-0.1, -0.05) is 18.2 Å². The molecule has 0 spiro atoms. The van der Waals surface area contributed by atoms with E-state index in [4.69, 9.17) is 4.98 Å². The number of carbonyl (C=O) groups is 1. The molecule has 6 rings (SSSR count). The van der Waals surface area contributed by atoms with Gasteiger partial charge >= 0.3 is 6.18 Å². The molecule has 2 aliphatic rings. The Labute approximate surface area is 249 Å². The van der Waals surface area contributed by atoms with E-state index in [0.717, 1.165) is 34.2 Å². The largest absolute Gasteiger partial charge is 0.416 e. The number of hydrogen-bond acceptors (Lipinski definition) is 10. The molecular formula is C29H28F3N7OS2. The second-order valence-corrected chi connectivity index (χ2v) is 12.6. The maximum atomic E-state index is 13.2. The van der Waals surface area contributed by atoms with Gasteiger partial charge in [-0.05, 0) is 67.4 Å². The first kappa shape index (κ1) is 28.4. The number of aromatic nitrogens is 4. The van der Waals surface area contributed by atoms with Crippen LogP contribution in [0.3, 0.4) is 0 Å². The number of halogens is 3. The van der Waals surface area contributed by atoms with E-state index >= 15 is 0 Å². The van der Waals surface area contributed by atoms with Crippen LogP contribution in [0.2, 0.25) is 0 Å². The van der Waals surface area contributed by atoms with Gasteiger partial charge in [-0.15, -0.1) is 11.3 Å². The summed E-state index contributed by atoms with van der Waals surface area (Å²) in [4.78, 5) is 36.5. The van der Waals surface area contributed by atoms with Gasteiger partial charge in [-0.2, -0.15) is 28.1 Å². The summed E-state index contributed by atoms with van der Waals surface area (Å²) < 4.78 is 39.7. The number of nitrogens with one attached hydrogen (secondary N) is 1. The fourth-order valence-electron chi connectivity index (χ4n) is 4.67. The first-order chi connectivity index (χ1) is 20.2. The quantitative estimate of drug-likeness (QED) is 0.231. The highest BCUT2D eigenvalue weighted by Crippen LogP contribution is 2.34. The number of carbonyl (C=O) groups excluding carboxylic acids is 1. The summed E-state index contributed by atoms with van der Waals surface area (Å²) in [5.74, 6) is 1.39. The first-order valence-corrected chi connectivity index (χ1v) is 15.2. The monoisotopic (exact) mass is 611 g/mol. The molecule has 1 aliphatic carbocycles. The molecule has 3 heterocycles. The molecular weight excluding hydrogens is 583 g/mol. The minimum atomic E-state index is -4.38. The van der Waals surface area contributed by atoms with E-state index < -0.39 is 11.7 Å². The van der Waals surface area contributed by atoms with Crippen LogP contribution < -0.4 is 15.1 Å². The van der Waals surface area contributed by atoms with Crippen LogP contribution in [0.25, 0.3) is 0 Å². The highest BCUT2D eigenvalue weighted by atomic mass is 32.2. The van der Waals surface area contributed by atoms with E-state index in [2.05, 4.69) is 20.3 Å². The Kier molecular flexibility index (Phi) is 8.04. The van der Waals surface area contributed by atoms with E-state index in [1.807, 2.05) is 41.0 Å². The number of aryl methyl sites for hydroxylation is 1. The van der Waals surface area contributed by atoms with E-state index in [-0.39, 0.29) is 5.92 Å². The van der Waals surface area contributed by atoms with Crippen molar-refractivity contribution >= 4 is 51.6 Å². The number of ketones is 1. The molecule has 2 aromatic carbocycles. The summed E-state index contributed by atoms with van der Waals surface area (Å²) in [5, 5.41) is 4.35. The molecule has 0 unspecified atom stereocenters. The Morgan fingerprint density at radius 1 is 1.02 bits per heavy atom. The van der Waals surface area contributed by atoms with Gasteiger partial charge in [0.25, 0.3) is 0 Å². The molecule has 0 amide bonds. The molecule has 4 aromatic rings. The van der Waals surface area contributed by atoms with Crippen LogP contribution in [0.4, 0.5) is 35.9 Å². The van der Waals surface area contributed by atoms with Crippen LogP contribution in [0, 0.1) is 12.8 Å². The lowest BCUT2D eigenvalue weighted by molar-refractivity contribution is -0.137. The van der Waals surface area contributed by atoms with Crippen molar-refractivity contribution < 1.29 is 18.0 Å². The summed E-state index contributed by atoms with van der Waals surface area (Å²) in [6.07, 6.45) is -0.144. The van der Waals surface area contributed by atoms with E-state index in [1.54, 1.807) is 12.3 Å². The minimum Gasteiger partial charge on any atom is -0.368 e. The Bertz CT molecular complexity index is 1570. The van der Waals surface area contributed by atoms with Gasteiger partial charge in [-0.25, -0.2) is 4.98 Å². The number of piperazine rings is 1. The fourth-order valence-corrected chi connectivity index (χ4v) is 6.07. The van der Waals surface area contributed by atoms with Gasteiger partial charge in [0.1, 0.15) is 5.78 Å². The SMILES string of the molecule is Cc1cnc(Nc2nc(Sc3ccc(CC(=O)C4CC4)cc3)nc(N3CCN(c4cccc(C(F)(F)F)c4)CC3)n2)s1. The third-order valence-corrected chi connectivity index (χ3v) is 8.79. The average molecular weight is 612 g/mol. The Morgan fingerprint density at radius 3 is 2.43 bits per heavy atom. The van der Waals surface area contributed by atoms with Crippen molar-refractivity contribution in [2.75, 3.05) is 41.3 Å². The van der Waals surface area contributed by atoms with Crippen molar-refractivity contribution in [2.45, 2.75) is 42.4 Å². The lowest BCUT2D eigenvalue weighted by atomic mass is 10.1. The van der Waals surface area contributed by atoms with Crippen LogP contribution in [0.5, 0.6) is 0 Å². The van der Waals surface area contributed by atoms with Gasteiger partial charge < -0.3 is 9.80 Å². The molecule has 0 radical (unpaired) electrons. The van der Waals surface area contributed by atoms with Crippen molar-refractivity contribution in [2.24, 2.45) is 5.92 Å². The van der Waals surface area contributed by atoms with Crippen LogP contribution in [0.1, 0.15) is 28.8 Å². The van der Waals surface area contributed by atoms with E-state index in [1.165, 1.54) is 35.2 Å². The van der Waals surface area contributed by atoms with Crippen molar-refractivity contribution in [1.82, 2.24) is 19.9 Å². The van der Waals surface area contributed by atoms with Crippen LogP contribution in [-0.4, -0.2) is 51.9 Å². The Balaban J connectivity index is 1.18. The molecule has 1 saturated carbocycles. The molecule has 0 atom stereocenters. The molecule has 1 N–H and O–H groups in total. The summed E-state index contributed by atoms with van der Waals surface area (Å²) in [5.41, 5.74) is 0.880. The normalized spacial score (nSPS) is 15.6. The highest BCUT2D eigenvalue weighted by molar-refractivity contribution is 7.99. The average Bonchev–Trinajstić information content (AvgIpc) is 3.75. The van der Waals surface area contributed by atoms with Crippen LogP contribution >= 0.6 is 23.1 Å². The number of rotatable bonds is 9. The van der Waals surface area contributed by atoms with Gasteiger partial charge in [0, 0.05) is 60.2 Å². The summed E-state index contributed by atoms with van der Waals surface area (Å²) >= 11 is 2.89. The molecule has 2 aromatic heterocycles. The number of alkyl halides is 3. The van der Waals surface area contributed by atoms with Gasteiger partial charge in [0.05, 0.1) is 5.56 Å². The maximum absolute atomic E-state index is 13.2. The number of nitrogens with zero attached hydrogens (tertiary/aromatic N) is 6. The number of hydrogen-bond donors (Lipinski definition) is 1. The maximum Gasteiger partial charge on any atom is 0.416 e. The number of Topliss-reactive ketones (excluding diaryl/α,β-unsaturated/α-hetero) is 1. The molecule has 42 heavy (non-hydrogen) atoms. The van der Waals surface area contributed by atoms with Gasteiger partial charge in [-0.3, -0.25) is 10.1 Å². The zero-order valence-corrected chi connectivity index (χ0v) is 24.4. The van der Waals surface area contributed by atoms with Gasteiger partial charge in [0.2, 0.25) is 11.9 Å². The molecule has 2 fully saturated rings. The third-order valence-electron chi connectivity index (χ3n) is 7.09. The van der Waals surface area contributed by atoms with Crippen molar-refractivity contribution in [3.8, 4) is 0 Å². The highest BCUT2D eigenvalue weighted by Gasteiger charge is 2.31. The number of thiazole rings is 1. The summed E-state index contributed by atoms with van der Waals surface area (Å²) in [6, 6.07) is 13.3. The molecule has 218 valence electrons. The summed E-state index contributed by atoms with van der Waals surface area (Å²) in [7, 11) is 0. The van der Waals surface area contributed by atoms with E-state index in [0.29, 0.717) is 66.3 Å². The second kappa shape index (κ2) is 11.9. The second-order valence-electron chi connectivity index (χ2n) is 10.3. The smallest absolute Gasteiger partial charge is 0.368 e. The lowest BCUT2D eigenvalue weighted by Crippen LogP contribution is -2.47. The molecule has 8 nitrogen and oxygen atoms in total. The minimum absolute atomic E-state index is 0.238. The van der Waals surface area contributed by atoms with Crippen molar-refractivity contribution in [3.05, 3.63) is 70.7 Å². The lowest BCUT2D eigenvalue weighted by Gasteiger charge is -2.36. The first-order valence-electron chi connectivity index (χ1n) is 13.6. The Morgan fingerprint density at radius 2 is 1.76 bits per heavy atom. The number of anilines is 4. The van der Waals surface area contributed by atoms with Crippen LogP contribution in [-0.2, 0) is 17.4 Å². The predicted octanol–water partition coefficient (Wildman–Crippen LogP) is 6.40. The zero-order valence-electron chi connectivity index (χ0n) is 22.8. The van der Waals surface area contributed by atoms with Crippen molar-refractivity contribution in [1.29, 1.82) is 0 Å². The van der Waals surface area contributed by atoms with Crippen molar-refractivity contribution in [3.63, 3.8) is 0 Å². The zero-order chi connectivity index (χ0) is 29.3. The fraction of sp³-hybridized carbons (Fsp3) is 0.345. The van der Waals surface area contributed by atoms with Gasteiger partial charge in [0.15, 0.2) is 10.3 Å². The predicted molar refractivity (Wildman–Crippen MR) is 158 cm³/mol. The molecule has 1 aliphatic heterocycles. The number of benzene rings is 2.